The molecule has 0 atom stereocenters. The predicted octanol–water partition coefficient (Wildman–Crippen LogP) is 3.88. The lowest BCUT2D eigenvalue weighted by molar-refractivity contribution is 1.07. The Kier molecular flexibility index (Phi) is 7.84. The van der Waals surface area contributed by atoms with Crippen molar-refractivity contribution in [2.45, 2.75) is 17.7 Å². The standard InChI is InChI=1S/C9H11Cl2NS.ClH/c1-7-8(6-11)12-4-2-9(7)13-5-3-10;/h2,4H,3,5-6H2,1H3;1H. The van der Waals surface area contributed by atoms with Gasteiger partial charge in [0.1, 0.15) is 0 Å². The van der Waals surface area contributed by atoms with Crippen molar-refractivity contribution < 1.29 is 0 Å². The molecule has 0 bridgehead atoms. The number of thioether (sulfide) groups is 1. The molecule has 0 aromatic carbocycles. The molecule has 80 valence electrons. The van der Waals surface area contributed by atoms with Gasteiger partial charge in [0.05, 0.1) is 11.6 Å². The minimum atomic E-state index is 0. The Bertz CT molecular complexity index is 281. The van der Waals surface area contributed by atoms with Crippen LogP contribution in [0.25, 0.3) is 0 Å². The third kappa shape index (κ3) is 3.85. The zero-order valence-corrected chi connectivity index (χ0v) is 10.9. The van der Waals surface area contributed by atoms with E-state index in [1.165, 1.54) is 10.5 Å². The van der Waals surface area contributed by atoms with Gasteiger partial charge in [0.25, 0.3) is 0 Å². The molecule has 0 N–H and O–H groups in total. The van der Waals surface area contributed by atoms with Crippen molar-refractivity contribution in [1.82, 2.24) is 4.98 Å². The fourth-order valence-corrected chi connectivity index (χ4v) is 2.29. The van der Waals surface area contributed by atoms with E-state index < -0.39 is 0 Å². The van der Waals surface area contributed by atoms with Crippen LogP contribution in [0.3, 0.4) is 0 Å². The van der Waals surface area contributed by atoms with Gasteiger partial charge in [-0.1, -0.05) is 0 Å². The number of aromatic nitrogens is 1. The van der Waals surface area contributed by atoms with Crippen LogP contribution in [0.2, 0.25) is 0 Å². The molecule has 1 aromatic rings. The summed E-state index contributed by atoms with van der Waals surface area (Å²) in [6.45, 7) is 2.04. The van der Waals surface area contributed by atoms with E-state index in [2.05, 4.69) is 4.98 Å². The van der Waals surface area contributed by atoms with Gasteiger partial charge in [-0.2, -0.15) is 0 Å². The van der Waals surface area contributed by atoms with Gasteiger partial charge < -0.3 is 0 Å². The fourth-order valence-electron chi connectivity index (χ4n) is 0.999. The van der Waals surface area contributed by atoms with Crippen LogP contribution < -0.4 is 0 Å². The first-order valence-corrected chi connectivity index (χ1v) is 6.04. The average Bonchev–Trinajstić information content (AvgIpc) is 2.16. The van der Waals surface area contributed by atoms with Crippen molar-refractivity contribution in [3.8, 4) is 0 Å². The maximum absolute atomic E-state index is 5.74. The molecule has 1 nitrogen and oxygen atoms in total. The third-order valence-electron chi connectivity index (χ3n) is 1.72. The van der Waals surface area contributed by atoms with Crippen molar-refractivity contribution in [3.05, 3.63) is 23.5 Å². The Morgan fingerprint density at radius 2 is 2.14 bits per heavy atom. The van der Waals surface area contributed by atoms with E-state index in [1.807, 2.05) is 13.0 Å². The van der Waals surface area contributed by atoms with Gasteiger partial charge in [-0.15, -0.1) is 47.4 Å². The smallest absolute Gasteiger partial charge is 0.0650 e. The van der Waals surface area contributed by atoms with Gasteiger partial charge in [-0.05, 0) is 18.6 Å². The normalized spacial score (nSPS) is 9.64. The molecular weight excluding hydrogens is 261 g/mol. The molecule has 1 rings (SSSR count). The first-order chi connectivity index (χ1) is 6.29. The lowest BCUT2D eigenvalue weighted by Gasteiger charge is -2.06. The minimum Gasteiger partial charge on any atom is -0.260 e. The molecule has 0 amide bonds. The summed E-state index contributed by atoms with van der Waals surface area (Å²) in [4.78, 5) is 5.42. The molecule has 0 aliphatic rings. The van der Waals surface area contributed by atoms with Gasteiger partial charge in [-0.3, -0.25) is 4.98 Å². The quantitative estimate of drug-likeness (QED) is 0.609. The molecule has 1 aromatic heterocycles. The molecule has 0 fully saturated rings. The number of halogens is 3. The summed E-state index contributed by atoms with van der Waals surface area (Å²) in [5, 5.41) is 0. The molecule has 0 saturated heterocycles. The van der Waals surface area contributed by atoms with E-state index in [0.717, 1.165) is 11.4 Å². The predicted molar refractivity (Wildman–Crippen MR) is 67.2 cm³/mol. The van der Waals surface area contributed by atoms with E-state index in [1.54, 1.807) is 18.0 Å². The van der Waals surface area contributed by atoms with Gasteiger partial charge in [0, 0.05) is 22.7 Å². The van der Waals surface area contributed by atoms with E-state index >= 15 is 0 Å². The Hall–Kier alpha value is 0.370. The van der Waals surface area contributed by atoms with Gasteiger partial charge in [0.15, 0.2) is 0 Å². The topological polar surface area (TPSA) is 12.9 Å². The molecule has 0 aliphatic carbocycles. The summed E-state index contributed by atoms with van der Waals surface area (Å²) in [5.41, 5.74) is 2.13. The first kappa shape index (κ1) is 14.4. The van der Waals surface area contributed by atoms with Crippen LogP contribution in [0.4, 0.5) is 0 Å². The Labute approximate surface area is 105 Å². The molecule has 0 unspecified atom stereocenters. The monoisotopic (exact) mass is 271 g/mol. The second-order valence-corrected chi connectivity index (χ2v) is 4.33. The van der Waals surface area contributed by atoms with Crippen molar-refractivity contribution in [2.24, 2.45) is 0 Å². The molecule has 0 aliphatic heterocycles. The van der Waals surface area contributed by atoms with Crippen molar-refractivity contribution in [3.63, 3.8) is 0 Å². The van der Waals surface area contributed by atoms with Crippen molar-refractivity contribution >= 4 is 47.4 Å². The average molecular weight is 273 g/mol. The number of pyridine rings is 1. The first-order valence-electron chi connectivity index (χ1n) is 3.98. The third-order valence-corrected chi connectivity index (χ3v) is 3.55. The number of alkyl halides is 2. The molecule has 0 spiro atoms. The number of rotatable bonds is 4. The molecule has 5 heteroatoms. The maximum atomic E-state index is 5.74. The largest absolute Gasteiger partial charge is 0.260 e. The van der Waals surface area contributed by atoms with E-state index in [-0.39, 0.29) is 12.4 Å². The van der Waals surface area contributed by atoms with E-state index in [9.17, 15) is 0 Å². The minimum absolute atomic E-state index is 0. The van der Waals surface area contributed by atoms with Crippen LogP contribution in [-0.2, 0) is 5.88 Å². The highest BCUT2D eigenvalue weighted by atomic mass is 35.5. The van der Waals surface area contributed by atoms with Crippen molar-refractivity contribution in [2.75, 3.05) is 11.6 Å². The zero-order valence-electron chi connectivity index (χ0n) is 7.80. The van der Waals surface area contributed by atoms with Crippen LogP contribution in [-0.4, -0.2) is 16.6 Å². The molecule has 0 radical (unpaired) electrons. The highest BCUT2D eigenvalue weighted by Gasteiger charge is 2.03. The summed E-state index contributed by atoms with van der Waals surface area (Å²) in [7, 11) is 0. The number of nitrogens with zero attached hydrogens (tertiary/aromatic N) is 1. The lowest BCUT2D eigenvalue weighted by Crippen LogP contribution is -1.93. The highest BCUT2D eigenvalue weighted by Crippen LogP contribution is 2.24. The van der Waals surface area contributed by atoms with Crippen LogP contribution in [0, 0.1) is 6.92 Å². The highest BCUT2D eigenvalue weighted by molar-refractivity contribution is 7.99. The lowest BCUT2D eigenvalue weighted by atomic mass is 10.2. The van der Waals surface area contributed by atoms with E-state index in [4.69, 9.17) is 23.2 Å². The maximum Gasteiger partial charge on any atom is 0.0650 e. The second kappa shape index (κ2) is 7.63. The fraction of sp³-hybridized carbons (Fsp3) is 0.444. The molecule has 1 heterocycles. The Balaban J connectivity index is 0.00000169. The van der Waals surface area contributed by atoms with E-state index in [0.29, 0.717) is 11.8 Å². The zero-order chi connectivity index (χ0) is 9.68. The van der Waals surface area contributed by atoms with Gasteiger partial charge in [0.2, 0.25) is 0 Å². The van der Waals surface area contributed by atoms with Crippen LogP contribution in [0.15, 0.2) is 17.2 Å². The summed E-state index contributed by atoms with van der Waals surface area (Å²) < 4.78 is 0. The summed E-state index contributed by atoms with van der Waals surface area (Å²) in [6, 6.07) is 2.00. The number of hydrogen-bond donors (Lipinski definition) is 0. The van der Waals surface area contributed by atoms with Crippen LogP contribution >= 0.6 is 47.4 Å². The summed E-state index contributed by atoms with van der Waals surface area (Å²) >= 11 is 13.1. The second-order valence-electron chi connectivity index (χ2n) is 2.55. The Morgan fingerprint density at radius 1 is 1.43 bits per heavy atom. The summed E-state index contributed by atoms with van der Waals surface area (Å²) in [6.07, 6.45) is 1.79. The SMILES string of the molecule is Cc1c(SCCCl)ccnc1CCl.Cl. The van der Waals surface area contributed by atoms with Crippen LogP contribution in [0.5, 0.6) is 0 Å². The molecular formula is C9H12Cl3NS. The Morgan fingerprint density at radius 3 is 2.71 bits per heavy atom. The molecule has 0 saturated carbocycles. The van der Waals surface area contributed by atoms with Crippen molar-refractivity contribution in [1.29, 1.82) is 0 Å². The molecule has 14 heavy (non-hydrogen) atoms. The van der Waals surface area contributed by atoms with Gasteiger partial charge in [-0.25, -0.2) is 0 Å². The summed E-state index contributed by atoms with van der Waals surface area (Å²) in [5.74, 6) is 2.07. The van der Waals surface area contributed by atoms with Crippen LogP contribution in [0.1, 0.15) is 11.3 Å². The number of hydrogen-bond acceptors (Lipinski definition) is 2. The van der Waals surface area contributed by atoms with Gasteiger partial charge >= 0.3 is 0 Å².